The molecule has 1 atom stereocenters. The largest absolute Gasteiger partial charge is 0.507 e. The van der Waals surface area contributed by atoms with E-state index in [1.807, 2.05) is 0 Å². The molecule has 0 aliphatic carbocycles. The fourth-order valence-corrected chi connectivity index (χ4v) is 2.01. The maximum atomic E-state index is 12.1. The quantitative estimate of drug-likeness (QED) is 0.883. The summed E-state index contributed by atoms with van der Waals surface area (Å²) in [4.78, 5) is 12.1. The Hall–Kier alpha value is -2.22. The second-order valence-corrected chi connectivity index (χ2v) is 5.09. The number of hydrogen-bond donors (Lipinski definition) is 1. The SMILES string of the molecule is COc1cc(O)c2c(c1)OC(C(C)(C)C#N)CC2=O. The fourth-order valence-electron chi connectivity index (χ4n) is 2.01. The highest BCUT2D eigenvalue weighted by Crippen LogP contribution is 2.41. The van der Waals surface area contributed by atoms with Crippen LogP contribution in [0.3, 0.4) is 0 Å². The second-order valence-electron chi connectivity index (χ2n) is 5.09. The molecule has 2 rings (SSSR count). The predicted octanol–water partition coefficient (Wildman–Crippen LogP) is 2.28. The molecular formula is C14H15NO4. The van der Waals surface area contributed by atoms with Crippen LogP contribution in [0.5, 0.6) is 17.2 Å². The van der Waals surface area contributed by atoms with Gasteiger partial charge in [0.15, 0.2) is 5.78 Å². The highest BCUT2D eigenvalue weighted by atomic mass is 16.5. The number of fused-ring (bicyclic) bond motifs is 1. The van der Waals surface area contributed by atoms with Crippen LogP contribution >= 0.6 is 0 Å². The van der Waals surface area contributed by atoms with Crippen LogP contribution in [0, 0.1) is 16.7 Å². The van der Waals surface area contributed by atoms with E-state index in [0.29, 0.717) is 5.75 Å². The van der Waals surface area contributed by atoms with Crippen LogP contribution in [0.4, 0.5) is 0 Å². The number of benzene rings is 1. The van der Waals surface area contributed by atoms with Crippen LogP contribution in [-0.2, 0) is 0 Å². The molecule has 5 heteroatoms. The Morgan fingerprint density at radius 1 is 1.53 bits per heavy atom. The summed E-state index contributed by atoms with van der Waals surface area (Å²) in [7, 11) is 1.46. The second kappa shape index (κ2) is 4.47. The molecule has 0 fully saturated rings. The molecule has 100 valence electrons. The minimum absolute atomic E-state index is 0.0768. The van der Waals surface area contributed by atoms with Gasteiger partial charge in [-0.3, -0.25) is 4.79 Å². The highest BCUT2D eigenvalue weighted by Gasteiger charge is 2.39. The van der Waals surface area contributed by atoms with Crippen molar-refractivity contribution in [1.29, 1.82) is 5.26 Å². The molecule has 0 amide bonds. The molecule has 1 unspecified atom stereocenters. The third kappa shape index (κ3) is 2.22. The topological polar surface area (TPSA) is 79.5 Å². The average Bonchev–Trinajstić information content (AvgIpc) is 2.37. The van der Waals surface area contributed by atoms with Crippen molar-refractivity contribution in [3.8, 4) is 23.3 Å². The number of phenols is 1. The zero-order chi connectivity index (χ0) is 14.2. The van der Waals surface area contributed by atoms with Gasteiger partial charge in [0.2, 0.25) is 0 Å². The maximum absolute atomic E-state index is 12.1. The highest BCUT2D eigenvalue weighted by molar-refractivity contribution is 6.02. The lowest BCUT2D eigenvalue weighted by Crippen LogP contribution is -2.38. The molecule has 1 aromatic carbocycles. The number of ketones is 1. The Morgan fingerprint density at radius 3 is 2.79 bits per heavy atom. The fraction of sp³-hybridized carbons (Fsp3) is 0.429. The molecule has 1 aliphatic rings. The Morgan fingerprint density at radius 2 is 2.21 bits per heavy atom. The maximum Gasteiger partial charge on any atom is 0.174 e. The van der Waals surface area contributed by atoms with E-state index >= 15 is 0 Å². The smallest absolute Gasteiger partial charge is 0.174 e. The van der Waals surface area contributed by atoms with Crippen LogP contribution < -0.4 is 9.47 Å². The van der Waals surface area contributed by atoms with Crippen molar-refractivity contribution in [2.75, 3.05) is 7.11 Å². The summed E-state index contributed by atoms with van der Waals surface area (Å²) in [6.45, 7) is 3.44. The number of ether oxygens (including phenoxy) is 2. The number of phenolic OH excluding ortho intramolecular Hbond substituents is 1. The molecule has 1 N–H and O–H groups in total. The van der Waals surface area contributed by atoms with Crippen LogP contribution in [0.2, 0.25) is 0 Å². The van der Waals surface area contributed by atoms with E-state index in [-0.39, 0.29) is 29.3 Å². The molecule has 0 saturated heterocycles. The molecule has 1 heterocycles. The van der Waals surface area contributed by atoms with E-state index in [4.69, 9.17) is 14.7 Å². The molecule has 0 aromatic heterocycles. The number of carbonyl (C=O) groups excluding carboxylic acids is 1. The zero-order valence-electron chi connectivity index (χ0n) is 11.1. The minimum Gasteiger partial charge on any atom is -0.507 e. The van der Waals surface area contributed by atoms with Gasteiger partial charge in [-0.05, 0) is 13.8 Å². The van der Waals surface area contributed by atoms with Crippen molar-refractivity contribution in [3.63, 3.8) is 0 Å². The van der Waals surface area contributed by atoms with Gasteiger partial charge in [0.1, 0.15) is 28.9 Å². The summed E-state index contributed by atoms with van der Waals surface area (Å²) in [5.74, 6) is 0.281. The van der Waals surface area contributed by atoms with E-state index in [9.17, 15) is 9.90 Å². The van der Waals surface area contributed by atoms with Crippen molar-refractivity contribution in [1.82, 2.24) is 0 Å². The summed E-state index contributed by atoms with van der Waals surface area (Å²) in [6, 6.07) is 5.05. The number of Topliss-reactive ketones (excluding diaryl/α,β-unsaturated/α-hetero) is 1. The first-order chi connectivity index (χ1) is 8.89. The van der Waals surface area contributed by atoms with E-state index in [1.54, 1.807) is 19.9 Å². The van der Waals surface area contributed by atoms with Gasteiger partial charge < -0.3 is 14.6 Å². The first-order valence-corrected chi connectivity index (χ1v) is 5.91. The molecule has 0 radical (unpaired) electrons. The summed E-state index contributed by atoms with van der Waals surface area (Å²) in [5, 5.41) is 19.0. The number of methoxy groups -OCH3 is 1. The van der Waals surface area contributed by atoms with Crippen molar-refractivity contribution in [3.05, 3.63) is 17.7 Å². The molecule has 0 spiro atoms. The first kappa shape index (κ1) is 13.2. The van der Waals surface area contributed by atoms with Crippen LogP contribution in [-0.4, -0.2) is 24.1 Å². The van der Waals surface area contributed by atoms with E-state index in [1.165, 1.54) is 13.2 Å². The lowest BCUT2D eigenvalue weighted by atomic mass is 9.82. The molecule has 0 bridgehead atoms. The van der Waals surface area contributed by atoms with Gasteiger partial charge in [0.25, 0.3) is 0 Å². The predicted molar refractivity (Wildman–Crippen MR) is 67.4 cm³/mol. The molecule has 1 aromatic rings. The Balaban J connectivity index is 2.47. The van der Waals surface area contributed by atoms with Crippen molar-refractivity contribution < 1.29 is 19.4 Å². The Labute approximate surface area is 111 Å². The van der Waals surface area contributed by atoms with Crippen molar-refractivity contribution in [2.24, 2.45) is 5.41 Å². The van der Waals surface area contributed by atoms with E-state index in [2.05, 4.69) is 6.07 Å². The van der Waals surface area contributed by atoms with Gasteiger partial charge in [0, 0.05) is 18.6 Å². The van der Waals surface area contributed by atoms with Crippen LogP contribution in [0.15, 0.2) is 12.1 Å². The van der Waals surface area contributed by atoms with E-state index < -0.39 is 11.5 Å². The summed E-state index contributed by atoms with van der Waals surface area (Å²) in [6.07, 6.45) is -0.461. The lowest BCUT2D eigenvalue weighted by Gasteiger charge is -2.32. The number of hydrogen-bond acceptors (Lipinski definition) is 5. The minimum atomic E-state index is -0.786. The van der Waals surface area contributed by atoms with Gasteiger partial charge in [0.05, 0.1) is 18.6 Å². The third-order valence-corrected chi connectivity index (χ3v) is 3.30. The number of carbonyl (C=O) groups is 1. The summed E-state index contributed by atoms with van der Waals surface area (Å²) < 4.78 is 10.7. The van der Waals surface area contributed by atoms with Gasteiger partial charge in [-0.15, -0.1) is 0 Å². The summed E-state index contributed by atoms with van der Waals surface area (Å²) in [5.41, 5.74) is -0.628. The first-order valence-electron chi connectivity index (χ1n) is 5.91. The molecule has 5 nitrogen and oxygen atoms in total. The van der Waals surface area contributed by atoms with Crippen LogP contribution in [0.1, 0.15) is 30.6 Å². The number of nitrogens with zero attached hydrogens (tertiary/aromatic N) is 1. The summed E-state index contributed by atoms with van der Waals surface area (Å²) >= 11 is 0. The Bertz CT molecular complexity index is 572. The number of nitriles is 1. The van der Waals surface area contributed by atoms with Crippen molar-refractivity contribution >= 4 is 5.78 Å². The molecular weight excluding hydrogens is 246 g/mol. The lowest BCUT2D eigenvalue weighted by molar-refractivity contribution is 0.0649. The molecule has 0 saturated carbocycles. The third-order valence-electron chi connectivity index (χ3n) is 3.30. The number of aromatic hydroxyl groups is 1. The number of rotatable bonds is 2. The van der Waals surface area contributed by atoms with E-state index in [0.717, 1.165) is 0 Å². The van der Waals surface area contributed by atoms with Crippen molar-refractivity contribution in [2.45, 2.75) is 26.4 Å². The van der Waals surface area contributed by atoms with Crippen LogP contribution in [0.25, 0.3) is 0 Å². The normalized spacial score (nSPS) is 18.2. The Kier molecular flexibility index (Phi) is 3.11. The average molecular weight is 261 g/mol. The molecule has 1 aliphatic heterocycles. The zero-order valence-corrected chi connectivity index (χ0v) is 11.1. The van der Waals surface area contributed by atoms with Gasteiger partial charge in [-0.1, -0.05) is 0 Å². The molecule has 19 heavy (non-hydrogen) atoms. The monoisotopic (exact) mass is 261 g/mol. The van der Waals surface area contributed by atoms with Gasteiger partial charge in [-0.25, -0.2) is 0 Å². The van der Waals surface area contributed by atoms with Gasteiger partial charge in [-0.2, -0.15) is 5.26 Å². The van der Waals surface area contributed by atoms with Gasteiger partial charge >= 0.3 is 0 Å². The standard InChI is InChI=1S/C14H15NO4/c1-14(2,7-15)12-6-10(17)13-9(16)4-8(18-3)5-11(13)19-12/h4-5,12,16H,6H2,1-3H3.